The molecule has 0 saturated carbocycles. The highest BCUT2D eigenvalue weighted by molar-refractivity contribution is 5.96. The molecule has 4 nitrogen and oxygen atoms in total. The van der Waals surface area contributed by atoms with E-state index in [-0.39, 0.29) is 12.6 Å². The predicted molar refractivity (Wildman–Crippen MR) is 85.6 cm³/mol. The Bertz CT molecular complexity index is 792. The number of hydrogen-bond donors (Lipinski definition) is 0. The smallest absolute Gasteiger partial charge is 0.231 e. The van der Waals surface area contributed by atoms with Crippen LogP contribution in [0.5, 0.6) is 17.2 Å². The first kappa shape index (κ1) is 13.9. The normalized spacial score (nSPS) is 16.2. The van der Waals surface area contributed by atoms with Crippen molar-refractivity contribution < 1.29 is 19.0 Å². The Morgan fingerprint density at radius 2 is 1.83 bits per heavy atom. The maximum atomic E-state index is 12.0. The summed E-state index contributed by atoms with van der Waals surface area (Å²) in [6.45, 7) is 0.225. The SMILES string of the molecule is O=C1C=C(Oc2ccc3c(c2)OCO3)c2ccccc2CCC1. The van der Waals surface area contributed by atoms with Crippen molar-refractivity contribution in [1.82, 2.24) is 0 Å². The zero-order valence-electron chi connectivity index (χ0n) is 12.6. The molecule has 1 heterocycles. The van der Waals surface area contributed by atoms with Gasteiger partial charge in [0.05, 0.1) is 0 Å². The molecule has 0 atom stereocenters. The number of fused-ring (bicyclic) bond motifs is 2. The number of ether oxygens (including phenoxy) is 3. The first-order valence-electron chi connectivity index (χ1n) is 7.70. The van der Waals surface area contributed by atoms with Gasteiger partial charge in [-0.2, -0.15) is 0 Å². The Hall–Kier alpha value is -2.75. The van der Waals surface area contributed by atoms with Crippen LogP contribution in [0.4, 0.5) is 0 Å². The maximum absolute atomic E-state index is 12.0. The summed E-state index contributed by atoms with van der Waals surface area (Å²) in [5, 5.41) is 0. The van der Waals surface area contributed by atoms with Crippen LogP contribution in [0.25, 0.3) is 5.76 Å². The van der Waals surface area contributed by atoms with E-state index in [2.05, 4.69) is 6.07 Å². The summed E-state index contributed by atoms with van der Waals surface area (Å²) >= 11 is 0. The molecule has 0 fully saturated rings. The lowest BCUT2D eigenvalue weighted by Crippen LogP contribution is -2.07. The highest BCUT2D eigenvalue weighted by atomic mass is 16.7. The summed E-state index contributed by atoms with van der Waals surface area (Å²) in [7, 11) is 0. The van der Waals surface area contributed by atoms with Gasteiger partial charge in [0.2, 0.25) is 6.79 Å². The van der Waals surface area contributed by atoms with Gasteiger partial charge in [-0.15, -0.1) is 0 Å². The number of rotatable bonds is 2. The molecule has 4 rings (SSSR count). The van der Waals surface area contributed by atoms with Gasteiger partial charge in [0.25, 0.3) is 0 Å². The maximum Gasteiger partial charge on any atom is 0.231 e. The third-order valence-corrected chi connectivity index (χ3v) is 4.02. The average Bonchev–Trinajstić information content (AvgIpc) is 3.01. The summed E-state index contributed by atoms with van der Waals surface area (Å²) < 4.78 is 16.7. The zero-order valence-corrected chi connectivity index (χ0v) is 12.6. The van der Waals surface area contributed by atoms with Gasteiger partial charge in [-0.3, -0.25) is 4.79 Å². The molecular formula is C19H16O4. The van der Waals surface area contributed by atoms with Crippen molar-refractivity contribution in [2.24, 2.45) is 0 Å². The standard InChI is InChI=1S/C19H16O4/c20-14-6-3-5-13-4-1-2-7-16(13)18(10-14)23-15-8-9-17-19(11-15)22-12-21-17/h1-2,4,7-11H,3,5-6,12H2. The largest absolute Gasteiger partial charge is 0.456 e. The second kappa shape index (κ2) is 5.80. The lowest BCUT2D eigenvalue weighted by atomic mass is 9.96. The zero-order chi connectivity index (χ0) is 15.6. The molecule has 4 heteroatoms. The summed E-state index contributed by atoms with van der Waals surface area (Å²) in [5.74, 6) is 2.68. The molecule has 0 unspecified atom stereocenters. The van der Waals surface area contributed by atoms with Crippen molar-refractivity contribution in [2.45, 2.75) is 19.3 Å². The van der Waals surface area contributed by atoms with Crippen molar-refractivity contribution in [2.75, 3.05) is 6.79 Å². The Morgan fingerprint density at radius 3 is 2.78 bits per heavy atom. The van der Waals surface area contributed by atoms with Gasteiger partial charge >= 0.3 is 0 Å². The lowest BCUT2D eigenvalue weighted by molar-refractivity contribution is -0.114. The molecule has 0 spiro atoms. The van der Waals surface area contributed by atoms with Gasteiger partial charge in [-0.05, 0) is 30.5 Å². The van der Waals surface area contributed by atoms with Crippen LogP contribution in [0.3, 0.4) is 0 Å². The van der Waals surface area contributed by atoms with Gasteiger partial charge in [0.1, 0.15) is 11.5 Å². The quantitative estimate of drug-likeness (QED) is 0.848. The van der Waals surface area contributed by atoms with Crippen molar-refractivity contribution in [1.29, 1.82) is 0 Å². The second-order valence-corrected chi connectivity index (χ2v) is 5.60. The summed E-state index contributed by atoms with van der Waals surface area (Å²) in [6.07, 6.45) is 3.89. The van der Waals surface area contributed by atoms with E-state index in [0.29, 0.717) is 29.4 Å². The molecular weight excluding hydrogens is 292 g/mol. The molecule has 2 aromatic rings. The minimum absolute atomic E-state index is 0.0928. The number of aryl methyl sites for hydroxylation is 1. The van der Waals surface area contributed by atoms with Crippen LogP contribution in [-0.2, 0) is 11.2 Å². The molecule has 1 aliphatic carbocycles. The van der Waals surface area contributed by atoms with Gasteiger partial charge in [0, 0.05) is 24.1 Å². The molecule has 116 valence electrons. The molecule has 0 aromatic heterocycles. The van der Waals surface area contributed by atoms with Crippen LogP contribution in [0, 0.1) is 0 Å². The lowest BCUT2D eigenvalue weighted by Gasteiger charge is -2.16. The molecule has 2 aliphatic rings. The van der Waals surface area contributed by atoms with Crippen LogP contribution < -0.4 is 14.2 Å². The minimum atomic E-state index is 0.0928. The molecule has 23 heavy (non-hydrogen) atoms. The molecule has 0 bridgehead atoms. The third kappa shape index (κ3) is 2.80. The van der Waals surface area contributed by atoms with Crippen LogP contribution in [-0.4, -0.2) is 12.6 Å². The fourth-order valence-corrected chi connectivity index (χ4v) is 2.88. The molecule has 1 aliphatic heterocycles. The topological polar surface area (TPSA) is 44.8 Å². The summed E-state index contributed by atoms with van der Waals surface area (Å²) in [6, 6.07) is 13.5. The second-order valence-electron chi connectivity index (χ2n) is 5.60. The van der Waals surface area contributed by atoms with E-state index in [1.807, 2.05) is 30.3 Å². The van der Waals surface area contributed by atoms with Crippen LogP contribution >= 0.6 is 0 Å². The van der Waals surface area contributed by atoms with Crippen molar-refractivity contribution in [3.8, 4) is 17.2 Å². The fourth-order valence-electron chi connectivity index (χ4n) is 2.88. The average molecular weight is 308 g/mol. The Balaban J connectivity index is 1.71. The number of benzene rings is 2. The molecule has 2 aromatic carbocycles. The predicted octanol–water partition coefficient (Wildman–Crippen LogP) is 3.74. The molecule has 0 radical (unpaired) electrons. The van der Waals surface area contributed by atoms with E-state index in [9.17, 15) is 4.79 Å². The van der Waals surface area contributed by atoms with E-state index >= 15 is 0 Å². The van der Waals surface area contributed by atoms with E-state index in [0.717, 1.165) is 18.4 Å². The number of allylic oxidation sites excluding steroid dienone is 1. The van der Waals surface area contributed by atoms with Crippen LogP contribution in [0.1, 0.15) is 24.0 Å². The van der Waals surface area contributed by atoms with Crippen molar-refractivity contribution in [3.05, 3.63) is 59.7 Å². The third-order valence-electron chi connectivity index (χ3n) is 4.02. The van der Waals surface area contributed by atoms with E-state index in [1.165, 1.54) is 5.56 Å². The highest BCUT2D eigenvalue weighted by Gasteiger charge is 2.18. The summed E-state index contributed by atoms with van der Waals surface area (Å²) in [5.41, 5.74) is 2.17. The Morgan fingerprint density at radius 1 is 0.957 bits per heavy atom. The van der Waals surface area contributed by atoms with Crippen LogP contribution in [0.2, 0.25) is 0 Å². The minimum Gasteiger partial charge on any atom is -0.456 e. The van der Waals surface area contributed by atoms with Gasteiger partial charge in [-0.25, -0.2) is 0 Å². The monoisotopic (exact) mass is 308 g/mol. The Labute approximate surface area is 134 Å². The van der Waals surface area contributed by atoms with Crippen molar-refractivity contribution in [3.63, 3.8) is 0 Å². The highest BCUT2D eigenvalue weighted by Crippen LogP contribution is 2.36. The molecule has 0 N–H and O–H groups in total. The van der Waals surface area contributed by atoms with E-state index < -0.39 is 0 Å². The number of carbonyl (C=O) groups is 1. The number of hydrogen-bond acceptors (Lipinski definition) is 4. The molecule has 0 amide bonds. The van der Waals surface area contributed by atoms with E-state index in [1.54, 1.807) is 12.1 Å². The summed E-state index contributed by atoms with van der Waals surface area (Å²) in [4.78, 5) is 12.0. The van der Waals surface area contributed by atoms with Gasteiger partial charge in [0.15, 0.2) is 17.3 Å². The van der Waals surface area contributed by atoms with Gasteiger partial charge < -0.3 is 14.2 Å². The van der Waals surface area contributed by atoms with Gasteiger partial charge in [-0.1, -0.05) is 24.3 Å². The van der Waals surface area contributed by atoms with Crippen LogP contribution in [0.15, 0.2) is 48.5 Å². The van der Waals surface area contributed by atoms with Crippen molar-refractivity contribution >= 4 is 11.5 Å². The Kier molecular flexibility index (Phi) is 3.50. The number of carbonyl (C=O) groups excluding carboxylic acids is 1. The first-order valence-corrected chi connectivity index (χ1v) is 7.70. The molecule has 0 saturated heterocycles. The fraction of sp³-hybridized carbons (Fsp3) is 0.211. The first-order chi connectivity index (χ1) is 11.3. The number of ketones is 1. The van der Waals surface area contributed by atoms with E-state index in [4.69, 9.17) is 14.2 Å².